The molecule has 0 aromatic heterocycles. The summed E-state index contributed by atoms with van der Waals surface area (Å²) in [4.78, 5) is 10.9. The topological polar surface area (TPSA) is 17.1 Å². The van der Waals surface area contributed by atoms with Crippen molar-refractivity contribution in [2.75, 3.05) is 0 Å². The van der Waals surface area contributed by atoms with Gasteiger partial charge in [-0.15, -0.1) is 0 Å². The van der Waals surface area contributed by atoms with Crippen LogP contribution in [0.4, 0.5) is 0 Å². The van der Waals surface area contributed by atoms with Gasteiger partial charge in [0.2, 0.25) is 0 Å². The maximum Gasteiger partial charge on any atom is 0.152 e. The molecule has 2 fully saturated rings. The van der Waals surface area contributed by atoms with Crippen LogP contribution < -0.4 is 0 Å². The van der Waals surface area contributed by atoms with E-state index in [1.807, 2.05) is 0 Å². The molecular weight excluding hydrogens is 172 g/mol. The van der Waals surface area contributed by atoms with Crippen LogP contribution in [0.1, 0.15) is 33.1 Å². The van der Waals surface area contributed by atoms with E-state index in [0.29, 0.717) is 0 Å². The summed E-state index contributed by atoms with van der Waals surface area (Å²) in [5.74, 6) is 1.60. The van der Waals surface area contributed by atoms with Gasteiger partial charge in [0.05, 0.1) is 0 Å². The number of hydrogen-bond donors (Lipinski definition) is 0. The summed E-state index contributed by atoms with van der Waals surface area (Å²) in [7, 11) is 0. The zero-order chi connectivity index (χ0) is 10.3. The molecule has 0 aromatic rings. The normalized spacial score (nSPS) is 41.1. The van der Waals surface area contributed by atoms with Crippen molar-refractivity contribution in [1.29, 1.82) is 0 Å². The first-order valence-corrected chi connectivity index (χ1v) is 5.43. The molecule has 2 bridgehead atoms. The fourth-order valence-electron chi connectivity index (χ4n) is 3.08. The van der Waals surface area contributed by atoms with E-state index in [1.165, 1.54) is 24.8 Å². The minimum Gasteiger partial charge on any atom is -0.295 e. The Bertz CT molecular complexity index is 313. The third-order valence-electron chi connectivity index (χ3n) is 4.13. The van der Waals surface area contributed by atoms with E-state index < -0.39 is 0 Å². The highest BCUT2D eigenvalue weighted by Crippen LogP contribution is 2.59. The second-order valence-electron chi connectivity index (χ2n) is 4.96. The number of carbonyl (C=O) groups excluding carboxylic acids is 1. The van der Waals surface area contributed by atoms with Gasteiger partial charge in [0, 0.05) is 5.41 Å². The zero-order valence-corrected chi connectivity index (χ0v) is 9.05. The molecule has 0 aromatic carbocycles. The van der Waals surface area contributed by atoms with Crippen molar-refractivity contribution >= 4 is 5.78 Å². The van der Waals surface area contributed by atoms with Gasteiger partial charge in [-0.3, -0.25) is 4.79 Å². The summed E-state index contributed by atoms with van der Waals surface area (Å²) in [5.41, 5.74) is 1.46. The van der Waals surface area contributed by atoms with Crippen LogP contribution in [0.3, 0.4) is 0 Å². The smallest absolute Gasteiger partial charge is 0.152 e. The van der Waals surface area contributed by atoms with Crippen molar-refractivity contribution < 1.29 is 4.79 Å². The predicted molar refractivity (Wildman–Crippen MR) is 57.9 cm³/mol. The Morgan fingerprint density at radius 3 is 2.79 bits per heavy atom. The summed E-state index contributed by atoms with van der Waals surface area (Å²) in [5, 5.41) is 0. The molecule has 14 heavy (non-hydrogen) atoms. The minimum absolute atomic E-state index is 0.106. The molecule has 2 aliphatic carbocycles. The first-order valence-electron chi connectivity index (χ1n) is 5.43. The van der Waals surface area contributed by atoms with Crippen LogP contribution in [0.15, 0.2) is 24.3 Å². The molecule has 2 rings (SSSR count). The number of hydrogen-bond acceptors (Lipinski definition) is 1. The third kappa shape index (κ3) is 1.26. The molecule has 0 N–H and O–H groups in total. The molecule has 3 unspecified atom stereocenters. The van der Waals surface area contributed by atoms with Gasteiger partial charge in [0.1, 0.15) is 0 Å². The van der Waals surface area contributed by atoms with Crippen LogP contribution in [-0.2, 0) is 4.79 Å². The van der Waals surface area contributed by atoms with Crippen molar-refractivity contribution in [3.05, 3.63) is 24.3 Å². The quantitative estimate of drug-likeness (QED) is 0.483. The van der Waals surface area contributed by atoms with Crippen LogP contribution in [0, 0.1) is 17.3 Å². The van der Waals surface area contributed by atoms with E-state index in [4.69, 9.17) is 0 Å². The molecule has 2 saturated carbocycles. The Kier molecular flexibility index (Phi) is 2.13. The Labute approximate surface area is 85.9 Å². The number of ketones is 1. The van der Waals surface area contributed by atoms with Crippen LogP contribution in [-0.4, -0.2) is 5.78 Å². The summed E-state index contributed by atoms with van der Waals surface area (Å²) >= 11 is 0. The third-order valence-corrected chi connectivity index (χ3v) is 4.13. The zero-order valence-electron chi connectivity index (χ0n) is 9.05. The van der Waals surface area contributed by atoms with E-state index >= 15 is 0 Å². The Balaban J connectivity index is 2.24. The van der Waals surface area contributed by atoms with Gasteiger partial charge in [-0.25, -0.2) is 0 Å². The molecule has 0 amide bonds. The molecule has 0 aliphatic heterocycles. The first kappa shape index (κ1) is 9.70. The second kappa shape index (κ2) is 3.08. The van der Waals surface area contributed by atoms with Crippen molar-refractivity contribution in [2.45, 2.75) is 33.1 Å². The van der Waals surface area contributed by atoms with Gasteiger partial charge in [-0.1, -0.05) is 25.2 Å². The van der Waals surface area contributed by atoms with E-state index in [1.54, 1.807) is 13.0 Å². The summed E-state index contributed by atoms with van der Waals surface area (Å²) in [6.07, 6.45) is 7.71. The van der Waals surface area contributed by atoms with Gasteiger partial charge in [-0.05, 0) is 44.1 Å². The van der Waals surface area contributed by atoms with Crippen molar-refractivity contribution in [2.24, 2.45) is 17.3 Å². The molecule has 2 aliphatic rings. The second-order valence-corrected chi connectivity index (χ2v) is 4.96. The summed E-state index contributed by atoms with van der Waals surface area (Å²) < 4.78 is 0. The average Bonchev–Trinajstić information content (AvgIpc) is 2.68. The number of allylic oxidation sites excluding steroid dienone is 3. The fraction of sp³-hybridized carbons (Fsp3) is 0.615. The average molecular weight is 190 g/mol. The molecule has 0 radical (unpaired) electrons. The van der Waals surface area contributed by atoms with E-state index in [2.05, 4.69) is 19.6 Å². The van der Waals surface area contributed by atoms with E-state index in [9.17, 15) is 4.79 Å². The SMILES string of the molecule is C=C1C2CCC(C2)C1(C)C=CC(C)=O. The molecule has 1 heteroatoms. The van der Waals surface area contributed by atoms with Gasteiger partial charge in [0.15, 0.2) is 5.78 Å². The fourth-order valence-corrected chi connectivity index (χ4v) is 3.08. The van der Waals surface area contributed by atoms with Gasteiger partial charge in [0.25, 0.3) is 0 Å². The Morgan fingerprint density at radius 2 is 2.29 bits per heavy atom. The minimum atomic E-state index is 0.106. The lowest BCUT2D eigenvalue weighted by Gasteiger charge is -2.33. The number of carbonyl (C=O) groups is 1. The van der Waals surface area contributed by atoms with Crippen molar-refractivity contribution in [3.8, 4) is 0 Å². The molecule has 1 nitrogen and oxygen atoms in total. The highest BCUT2D eigenvalue weighted by Gasteiger charge is 2.49. The van der Waals surface area contributed by atoms with E-state index in [0.717, 1.165) is 11.8 Å². The largest absolute Gasteiger partial charge is 0.295 e. The van der Waals surface area contributed by atoms with E-state index in [-0.39, 0.29) is 11.2 Å². The van der Waals surface area contributed by atoms with Gasteiger partial charge >= 0.3 is 0 Å². The maximum absolute atomic E-state index is 10.9. The number of rotatable bonds is 2. The highest BCUT2D eigenvalue weighted by atomic mass is 16.1. The number of fused-ring (bicyclic) bond motifs is 2. The molecule has 0 spiro atoms. The van der Waals surface area contributed by atoms with Crippen LogP contribution in [0.25, 0.3) is 0 Å². The van der Waals surface area contributed by atoms with Crippen molar-refractivity contribution in [3.63, 3.8) is 0 Å². The highest BCUT2D eigenvalue weighted by molar-refractivity contribution is 5.87. The maximum atomic E-state index is 10.9. The van der Waals surface area contributed by atoms with Gasteiger partial charge < -0.3 is 0 Å². The Morgan fingerprint density at radius 1 is 1.57 bits per heavy atom. The Hall–Kier alpha value is -0.850. The molecule has 0 heterocycles. The molecule has 76 valence electrons. The lowest BCUT2D eigenvalue weighted by molar-refractivity contribution is -0.112. The first-order chi connectivity index (χ1) is 6.54. The molecular formula is C13H18O. The van der Waals surface area contributed by atoms with Crippen LogP contribution in [0.5, 0.6) is 0 Å². The lowest BCUT2D eigenvalue weighted by Crippen LogP contribution is -2.23. The monoisotopic (exact) mass is 190 g/mol. The summed E-state index contributed by atoms with van der Waals surface area (Å²) in [6.45, 7) is 8.05. The molecule has 3 atom stereocenters. The van der Waals surface area contributed by atoms with Crippen molar-refractivity contribution in [1.82, 2.24) is 0 Å². The van der Waals surface area contributed by atoms with Crippen LogP contribution in [0.2, 0.25) is 0 Å². The summed E-state index contributed by atoms with van der Waals surface area (Å²) in [6, 6.07) is 0. The van der Waals surface area contributed by atoms with Crippen LogP contribution >= 0.6 is 0 Å². The lowest BCUT2D eigenvalue weighted by atomic mass is 9.71. The standard InChI is InChI=1S/C13H18O/c1-9(14)6-7-13(3)10(2)11-4-5-12(13)8-11/h6-7,11-12H,2,4-5,8H2,1,3H3. The van der Waals surface area contributed by atoms with Gasteiger partial charge in [-0.2, -0.15) is 0 Å². The molecule has 0 saturated heterocycles. The predicted octanol–water partition coefficient (Wildman–Crippen LogP) is 3.12.